The van der Waals surface area contributed by atoms with Crippen LogP contribution in [-0.4, -0.2) is 24.0 Å². The van der Waals surface area contributed by atoms with Crippen LogP contribution in [0.25, 0.3) is 0 Å². The summed E-state index contributed by atoms with van der Waals surface area (Å²) in [5.74, 6) is 0.0625. The third-order valence-electron chi connectivity index (χ3n) is 2.29. The molecular formula is C9H14ClNO2S2. The number of aryl methyl sites for hydroxylation is 2. The first-order valence-corrected chi connectivity index (χ1v) is 7.30. The maximum absolute atomic E-state index is 12.1. The van der Waals surface area contributed by atoms with E-state index in [0.717, 1.165) is 10.6 Å². The first kappa shape index (κ1) is 12.9. The molecule has 0 fully saturated rings. The molecule has 0 unspecified atom stereocenters. The van der Waals surface area contributed by atoms with E-state index in [1.165, 1.54) is 11.3 Å². The maximum atomic E-state index is 12.1. The van der Waals surface area contributed by atoms with Crippen LogP contribution in [0.4, 0.5) is 0 Å². The van der Waals surface area contributed by atoms with Crippen molar-refractivity contribution in [3.05, 3.63) is 10.6 Å². The second kappa shape index (κ2) is 4.03. The van der Waals surface area contributed by atoms with Gasteiger partial charge in [-0.05, 0) is 27.7 Å². The molecule has 0 bridgehead atoms. The van der Waals surface area contributed by atoms with E-state index in [4.69, 9.17) is 11.6 Å². The quantitative estimate of drug-likeness (QED) is 0.791. The van der Waals surface area contributed by atoms with E-state index in [0.29, 0.717) is 0 Å². The molecule has 86 valence electrons. The topological polar surface area (TPSA) is 47.0 Å². The second-order valence-corrected chi connectivity index (χ2v) is 8.25. The molecule has 15 heavy (non-hydrogen) atoms. The molecular weight excluding hydrogens is 254 g/mol. The number of aromatic nitrogens is 1. The van der Waals surface area contributed by atoms with Gasteiger partial charge in [-0.25, -0.2) is 13.4 Å². The van der Waals surface area contributed by atoms with Crippen molar-refractivity contribution >= 4 is 32.8 Å². The van der Waals surface area contributed by atoms with Crippen LogP contribution >= 0.6 is 22.9 Å². The van der Waals surface area contributed by atoms with Gasteiger partial charge in [0.1, 0.15) is 0 Å². The largest absolute Gasteiger partial charge is 0.230 e. The van der Waals surface area contributed by atoms with E-state index >= 15 is 0 Å². The monoisotopic (exact) mass is 267 g/mol. The molecule has 0 saturated carbocycles. The van der Waals surface area contributed by atoms with Crippen LogP contribution in [0, 0.1) is 13.8 Å². The van der Waals surface area contributed by atoms with E-state index in [9.17, 15) is 8.42 Å². The minimum atomic E-state index is -3.41. The Kier molecular flexibility index (Phi) is 3.48. The molecule has 3 nitrogen and oxygen atoms in total. The summed E-state index contributed by atoms with van der Waals surface area (Å²) in [6.45, 7) is 6.89. The van der Waals surface area contributed by atoms with Crippen LogP contribution < -0.4 is 0 Å². The van der Waals surface area contributed by atoms with Crippen LogP contribution in [0.1, 0.15) is 24.4 Å². The molecule has 0 aliphatic heterocycles. The molecule has 1 rings (SSSR count). The first-order valence-electron chi connectivity index (χ1n) is 4.47. The van der Waals surface area contributed by atoms with Gasteiger partial charge < -0.3 is 0 Å². The van der Waals surface area contributed by atoms with Crippen molar-refractivity contribution < 1.29 is 8.42 Å². The fourth-order valence-electron chi connectivity index (χ4n) is 0.866. The normalized spacial score (nSPS) is 13.1. The Morgan fingerprint density at radius 1 is 1.40 bits per heavy atom. The van der Waals surface area contributed by atoms with E-state index in [2.05, 4.69) is 4.98 Å². The van der Waals surface area contributed by atoms with Gasteiger partial charge in [0.2, 0.25) is 14.2 Å². The molecule has 0 aliphatic rings. The number of hydrogen-bond acceptors (Lipinski definition) is 4. The van der Waals surface area contributed by atoms with Crippen LogP contribution in [-0.2, 0) is 9.84 Å². The molecule has 0 aliphatic carbocycles. The molecule has 1 aromatic heterocycles. The highest BCUT2D eigenvalue weighted by atomic mass is 35.5. The van der Waals surface area contributed by atoms with Crippen molar-refractivity contribution in [2.75, 3.05) is 5.88 Å². The molecule has 0 spiro atoms. The summed E-state index contributed by atoms with van der Waals surface area (Å²) in [5.41, 5.74) is 0.768. The Hall–Kier alpha value is -0.130. The Labute approximate surface area is 99.4 Å². The zero-order valence-corrected chi connectivity index (χ0v) is 11.6. The van der Waals surface area contributed by atoms with E-state index in [-0.39, 0.29) is 10.2 Å². The maximum Gasteiger partial charge on any atom is 0.211 e. The number of halogens is 1. The van der Waals surface area contributed by atoms with Crippen LogP contribution in [0.5, 0.6) is 0 Å². The van der Waals surface area contributed by atoms with Gasteiger partial charge in [0.25, 0.3) is 0 Å². The summed E-state index contributed by atoms with van der Waals surface area (Å²) in [5, 5.41) is 0. The minimum Gasteiger partial charge on any atom is -0.230 e. The average Bonchev–Trinajstić information content (AvgIpc) is 2.47. The molecule has 1 aromatic rings. The van der Waals surface area contributed by atoms with Crippen molar-refractivity contribution in [1.82, 2.24) is 4.98 Å². The fourth-order valence-corrected chi connectivity index (χ4v) is 4.30. The van der Waals surface area contributed by atoms with E-state index in [1.807, 2.05) is 6.92 Å². The summed E-state index contributed by atoms with van der Waals surface area (Å²) in [6.07, 6.45) is 0. The highest BCUT2D eigenvalue weighted by molar-refractivity contribution is 7.94. The lowest BCUT2D eigenvalue weighted by atomic mass is 10.2. The Morgan fingerprint density at radius 2 is 1.93 bits per heavy atom. The lowest BCUT2D eigenvalue weighted by Gasteiger charge is -2.19. The first-order chi connectivity index (χ1) is 6.72. The smallest absolute Gasteiger partial charge is 0.211 e. The molecule has 6 heteroatoms. The Balaban J connectivity index is 3.30. The molecule has 0 atom stereocenters. The molecule has 0 saturated heterocycles. The highest BCUT2D eigenvalue weighted by Crippen LogP contribution is 2.30. The summed E-state index contributed by atoms with van der Waals surface area (Å²) in [4.78, 5) is 5.00. The average molecular weight is 268 g/mol. The van der Waals surface area contributed by atoms with E-state index < -0.39 is 14.6 Å². The lowest BCUT2D eigenvalue weighted by molar-refractivity contribution is 0.560. The summed E-state index contributed by atoms with van der Waals surface area (Å²) in [6, 6.07) is 0. The third kappa shape index (κ3) is 2.19. The zero-order valence-electron chi connectivity index (χ0n) is 9.17. The van der Waals surface area contributed by atoms with Crippen molar-refractivity contribution in [3.8, 4) is 0 Å². The number of thiazole rings is 1. The van der Waals surface area contributed by atoms with Gasteiger partial charge in [0.15, 0.2) is 0 Å². The summed E-state index contributed by atoms with van der Waals surface area (Å²) >= 11 is 6.88. The van der Waals surface area contributed by atoms with Crippen molar-refractivity contribution in [3.63, 3.8) is 0 Å². The Morgan fingerprint density at radius 3 is 2.27 bits per heavy atom. The van der Waals surface area contributed by atoms with Crippen LogP contribution in [0.3, 0.4) is 0 Å². The van der Waals surface area contributed by atoms with E-state index in [1.54, 1.807) is 20.8 Å². The minimum absolute atomic E-state index is 0.0625. The van der Waals surface area contributed by atoms with Gasteiger partial charge in [-0.1, -0.05) is 0 Å². The van der Waals surface area contributed by atoms with Crippen molar-refractivity contribution in [2.24, 2.45) is 0 Å². The van der Waals surface area contributed by atoms with Crippen molar-refractivity contribution in [2.45, 2.75) is 36.8 Å². The van der Waals surface area contributed by atoms with Crippen LogP contribution in [0.15, 0.2) is 4.34 Å². The molecule has 0 radical (unpaired) electrons. The van der Waals surface area contributed by atoms with Gasteiger partial charge >= 0.3 is 0 Å². The number of sulfone groups is 1. The van der Waals surface area contributed by atoms with Crippen molar-refractivity contribution in [1.29, 1.82) is 0 Å². The Bertz CT molecular complexity index is 443. The van der Waals surface area contributed by atoms with Gasteiger partial charge in [-0.15, -0.1) is 22.9 Å². The number of alkyl halides is 1. The standard InChI is InChI=1S/C9H14ClNO2S2/c1-6-7(2)14-8(11-6)15(12,13)9(3,4)5-10/h5H2,1-4H3. The second-order valence-electron chi connectivity index (χ2n) is 4.02. The molecule has 1 heterocycles. The van der Waals surface area contributed by atoms with Gasteiger partial charge in [-0.2, -0.15) is 0 Å². The summed E-state index contributed by atoms with van der Waals surface area (Å²) < 4.78 is 23.4. The number of hydrogen-bond donors (Lipinski definition) is 0. The lowest BCUT2D eigenvalue weighted by Crippen LogP contribution is -2.33. The number of rotatable bonds is 3. The zero-order chi connectivity index (χ0) is 11.9. The van der Waals surface area contributed by atoms with Gasteiger partial charge in [0.05, 0.1) is 10.4 Å². The van der Waals surface area contributed by atoms with Gasteiger partial charge in [-0.3, -0.25) is 0 Å². The molecule has 0 N–H and O–H groups in total. The predicted octanol–water partition coefficient (Wildman–Crippen LogP) is 2.55. The van der Waals surface area contributed by atoms with Gasteiger partial charge in [0, 0.05) is 10.8 Å². The number of nitrogens with zero attached hydrogens (tertiary/aromatic N) is 1. The summed E-state index contributed by atoms with van der Waals surface area (Å²) in [7, 11) is -3.41. The SMILES string of the molecule is Cc1nc(S(=O)(=O)C(C)(C)CCl)sc1C. The predicted molar refractivity (Wildman–Crippen MR) is 63.6 cm³/mol. The third-order valence-corrected chi connectivity index (χ3v) is 7.04. The molecule has 0 aromatic carbocycles. The van der Waals surface area contributed by atoms with Crippen LogP contribution in [0.2, 0.25) is 0 Å². The molecule has 0 amide bonds. The fraction of sp³-hybridized carbons (Fsp3) is 0.667. The highest BCUT2D eigenvalue weighted by Gasteiger charge is 2.37.